The Morgan fingerprint density at radius 1 is 1.47 bits per heavy atom. The third-order valence-corrected chi connectivity index (χ3v) is 3.16. The summed E-state index contributed by atoms with van der Waals surface area (Å²) in [6.07, 6.45) is 5.57. The molecule has 1 saturated heterocycles. The average molecular weight is 237 g/mol. The van der Waals surface area contributed by atoms with E-state index in [9.17, 15) is 5.11 Å². The molecule has 0 spiro atoms. The molecule has 1 aliphatic heterocycles. The maximum atomic E-state index is 9.20. The van der Waals surface area contributed by atoms with Crippen LogP contribution in [-0.4, -0.2) is 46.8 Å². The van der Waals surface area contributed by atoms with Crippen LogP contribution in [0.3, 0.4) is 0 Å². The van der Waals surface area contributed by atoms with E-state index in [0.717, 1.165) is 38.2 Å². The molecule has 1 N–H and O–H groups in total. The molecule has 1 aromatic rings. The monoisotopic (exact) mass is 237 g/mol. The smallest absolute Gasteiger partial charge is 0.236 e. The molecular formula is C12H19N3O2. The van der Waals surface area contributed by atoms with Crippen molar-refractivity contribution in [3.05, 3.63) is 18.1 Å². The lowest BCUT2D eigenvalue weighted by atomic mass is 9.99. The minimum atomic E-state index is 0.272. The molecule has 5 nitrogen and oxygen atoms in total. The molecular weight excluding hydrogens is 218 g/mol. The summed E-state index contributed by atoms with van der Waals surface area (Å²) in [5, 5.41) is 9.20. The standard InChI is InChI=1S/C12H19N3O2/c1-17-12-11(13-4-5-14-12)8-15-6-2-3-10(7-15)9-16/h4-5,10,16H,2-3,6-9H2,1H3/t10-/m1/s1. The quantitative estimate of drug-likeness (QED) is 0.835. The van der Waals surface area contributed by atoms with Crippen LogP contribution in [0.2, 0.25) is 0 Å². The molecule has 2 heterocycles. The number of ether oxygens (including phenoxy) is 1. The van der Waals surface area contributed by atoms with Gasteiger partial charge in [0.15, 0.2) is 0 Å². The van der Waals surface area contributed by atoms with Gasteiger partial charge >= 0.3 is 0 Å². The highest BCUT2D eigenvalue weighted by Gasteiger charge is 2.20. The lowest BCUT2D eigenvalue weighted by Gasteiger charge is -2.31. The first-order chi connectivity index (χ1) is 8.33. The van der Waals surface area contributed by atoms with E-state index in [2.05, 4.69) is 14.9 Å². The number of hydrogen-bond donors (Lipinski definition) is 1. The molecule has 0 amide bonds. The molecule has 1 atom stereocenters. The van der Waals surface area contributed by atoms with Gasteiger partial charge in [0, 0.05) is 32.1 Å². The molecule has 94 valence electrons. The largest absolute Gasteiger partial charge is 0.480 e. The number of methoxy groups -OCH3 is 1. The van der Waals surface area contributed by atoms with E-state index in [1.165, 1.54) is 0 Å². The third-order valence-electron chi connectivity index (χ3n) is 3.16. The Hall–Kier alpha value is -1.20. The summed E-state index contributed by atoms with van der Waals surface area (Å²) in [5.74, 6) is 0.991. The normalized spacial score (nSPS) is 21.4. The Balaban J connectivity index is 2.00. The van der Waals surface area contributed by atoms with E-state index in [-0.39, 0.29) is 6.61 Å². The maximum absolute atomic E-state index is 9.20. The molecule has 1 aliphatic rings. The van der Waals surface area contributed by atoms with Crippen molar-refractivity contribution in [1.29, 1.82) is 0 Å². The summed E-state index contributed by atoms with van der Waals surface area (Å²) in [4.78, 5) is 10.7. The number of aromatic nitrogens is 2. The highest BCUT2D eigenvalue weighted by molar-refractivity contribution is 5.16. The fraction of sp³-hybridized carbons (Fsp3) is 0.667. The van der Waals surface area contributed by atoms with Gasteiger partial charge < -0.3 is 9.84 Å². The summed E-state index contributed by atoms with van der Waals surface area (Å²) < 4.78 is 5.19. The average Bonchev–Trinajstić information content (AvgIpc) is 2.39. The summed E-state index contributed by atoms with van der Waals surface area (Å²) in [5.41, 5.74) is 0.869. The van der Waals surface area contributed by atoms with Gasteiger partial charge in [-0.2, -0.15) is 0 Å². The molecule has 0 aliphatic carbocycles. The Morgan fingerprint density at radius 3 is 3.06 bits per heavy atom. The summed E-state index contributed by atoms with van der Waals surface area (Å²) in [7, 11) is 1.61. The van der Waals surface area contributed by atoms with Crippen molar-refractivity contribution in [3.8, 4) is 5.88 Å². The summed E-state index contributed by atoms with van der Waals surface area (Å²) in [6, 6.07) is 0. The molecule has 0 saturated carbocycles. The molecule has 5 heteroatoms. The van der Waals surface area contributed by atoms with Crippen LogP contribution in [0.4, 0.5) is 0 Å². The molecule has 2 rings (SSSR count). The zero-order valence-electron chi connectivity index (χ0n) is 10.2. The number of aliphatic hydroxyl groups is 1. The van der Waals surface area contributed by atoms with Gasteiger partial charge in [-0.3, -0.25) is 9.88 Å². The first-order valence-corrected chi connectivity index (χ1v) is 6.00. The van der Waals surface area contributed by atoms with Crippen molar-refractivity contribution in [2.24, 2.45) is 5.92 Å². The highest BCUT2D eigenvalue weighted by Crippen LogP contribution is 2.20. The van der Waals surface area contributed by atoms with Crippen LogP contribution >= 0.6 is 0 Å². The van der Waals surface area contributed by atoms with Gasteiger partial charge in [-0.05, 0) is 25.3 Å². The Kier molecular flexibility index (Phi) is 4.28. The van der Waals surface area contributed by atoms with Gasteiger partial charge in [0.1, 0.15) is 5.69 Å². The topological polar surface area (TPSA) is 58.5 Å². The van der Waals surface area contributed by atoms with Crippen molar-refractivity contribution < 1.29 is 9.84 Å². The third kappa shape index (κ3) is 3.14. The van der Waals surface area contributed by atoms with Gasteiger partial charge in [0.25, 0.3) is 0 Å². The predicted octanol–water partition coefficient (Wildman–Crippen LogP) is 0.689. The van der Waals surface area contributed by atoms with Crippen LogP contribution in [0.25, 0.3) is 0 Å². The van der Waals surface area contributed by atoms with E-state index in [4.69, 9.17) is 4.74 Å². The van der Waals surface area contributed by atoms with Crippen LogP contribution in [0.5, 0.6) is 5.88 Å². The lowest BCUT2D eigenvalue weighted by Crippen LogP contribution is -2.36. The van der Waals surface area contributed by atoms with Gasteiger partial charge in [0.05, 0.1) is 7.11 Å². The molecule has 0 aromatic carbocycles. The second-order valence-corrected chi connectivity index (χ2v) is 4.44. The number of nitrogens with zero attached hydrogens (tertiary/aromatic N) is 3. The van der Waals surface area contributed by atoms with Gasteiger partial charge in [-0.25, -0.2) is 4.98 Å². The SMILES string of the molecule is COc1nccnc1CN1CCC[C@@H](CO)C1. The zero-order chi connectivity index (χ0) is 12.1. The zero-order valence-corrected chi connectivity index (χ0v) is 10.2. The van der Waals surface area contributed by atoms with Crippen LogP contribution in [0.1, 0.15) is 18.5 Å². The van der Waals surface area contributed by atoms with Crippen LogP contribution in [-0.2, 0) is 6.54 Å². The van der Waals surface area contributed by atoms with E-state index >= 15 is 0 Å². The van der Waals surface area contributed by atoms with E-state index in [0.29, 0.717) is 11.8 Å². The van der Waals surface area contributed by atoms with Crippen molar-refractivity contribution in [2.75, 3.05) is 26.8 Å². The van der Waals surface area contributed by atoms with Crippen LogP contribution < -0.4 is 4.74 Å². The fourth-order valence-corrected chi connectivity index (χ4v) is 2.29. The number of aliphatic hydroxyl groups excluding tert-OH is 1. The number of likely N-dealkylation sites (tertiary alicyclic amines) is 1. The van der Waals surface area contributed by atoms with Gasteiger partial charge in [0.2, 0.25) is 5.88 Å². The maximum Gasteiger partial charge on any atom is 0.236 e. The Bertz CT molecular complexity index is 359. The molecule has 0 unspecified atom stereocenters. The van der Waals surface area contributed by atoms with Crippen LogP contribution in [0.15, 0.2) is 12.4 Å². The predicted molar refractivity (Wildman–Crippen MR) is 63.7 cm³/mol. The second-order valence-electron chi connectivity index (χ2n) is 4.44. The second kappa shape index (κ2) is 5.93. The molecule has 17 heavy (non-hydrogen) atoms. The minimum Gasteiger partial charge on any atom is -0.480 e. The van der Waals surface area contributed by atoms with E-state index in [1.54, 1.807) is 19.5 Å². The van der Waals surface area contributed by atoms with E-state index < -0.39 is 0 Å². The number of hydrogen-bond acceptors (Lipinski definition) is 5. The number of piperidine rings is 1. The van der Waals surface area contributed by atoms with Crippen molar-refractivity contribution in [2.45, 2.75) is 19.4 Å². The first-order valence-electron chi connectivity index (χ1n) is 6.00. The lowest BCUT2D eigenvalue weighted by molar-refractivity contribution is 0.114. The highest BCUT2D eigenvalue weighted by atomic mass is 16.5. The molecule has 0 radical (unpaired) electrons. The van der Waals surface area contributed by atoms with Crippen molar-refractivity contribution in [3.63, 3.8) is 0 Å². The fourth-order valence-electron chi connectivity index (χ4n) is 2.29. The van der Waals surface area contributed by atoms with Gasteiger partial charge in [-0.15, -0.1) is 0 Å². The summed E-state index contributed by atoms with van der Waals surface area (Å²) >= 11 is 0. The van der Waals surface area contributed by atoms with Crippen LogP contribution in [0, 0.1) is 5.92 Å². The molecule has 1 fully saturated rings. The van der Waals surface area contributed by atoms with Gasteiger partial charge in [-0.1, -0.05) is 0 Å². The molecule has 0 bridgehead atoms. The Labute approximate surface area is 101 Å². The Morgan fingerprint density at radius 2 is 2.29 bits per heavy atom. The first kappa shape index (κ1) is 12.3. The number of rotatable bonds is 4. The summed E-state index contributed by atoms with van der Waals surface area (Å²) in [6.45, 7) is 2.99. The van der Waals surface area contributed by atoms with E-state index in [1.807, 2.05) is 0 Å². The van der Waals surface area contributed by atoms with Crippen molar-refractivity contribution >= 4 is 0 Å². The molecule has 1 aromatic heterocycles. The minimum absolute atomic E-state index is 0.272. The van der Waals surface area contributed by atoms with Crippen molar-refractivity contribution in [1.82, 2.24) is 14.9 Å².